The normalized spacial score (nSPS) is 27.9. The van der Waals surface area contributed by atoms with Crippen molar-refractivity contribution in [1.82, 2.24) is 0 Å². The molecule has 0 nitrogen and oxygen atoms in total. The number of halogens is 1. The average molecular weight is 329 g/mol. The molecule has 2 heteroatoms. The lowest BCUT2D eigenvalue weighted by atomic mass is 9.99. The van der Waals surface area contributed by atoms with Crippen LogP contribution in [0, 0.1) is 5.62 Å². The summed E-state index contributed by atoms with van der Waals surface area (Å²) in [5.41, 5.74) is 5.37. The van der Waals surface area contributed by atoms with Crippen molar-refractivity contribution >= 4 is 18.9 Å². The Morgan fingerprint density at radius 1 is 0.524 bits per heavy atom. The van der Waals surface area contributed by atoms with E-state index in [1.165, 1.54) is 96.3 Å². The van der Waals surface area contributed by atoms with E-state index in [0.29, 0.717) is 0 Å². The third-order valence-corrected chi connectivity index (χ3v) is 13.5. The van der Waals surface area contributed by atoms with Gasteiger partial charge in [-0.3, -0.25) is 0 Å². The van der Waals surface area contributed by atoms with E-state index in [1.54, 1.807) is 0 Å². The number of hydrogen-bond acceptors (Lipinski definition) is 0. The van der Waals surface area contributed by atoms with Gasteiger partial charge in [0.1, 0.15) is 0 Å². The summed E-state index contributed by atoms with van der Waals surface area (Å²) in [5.74, 6) is 0. The molecule has 0 unspecified atom stereocenters. The second-order valence-corrected chi connectivity index (χ2v) is 12.6. The fourth-order valence-electron chi connectivity index (χ4n) is 5.72. The molecule has 3 aliphatic carbocycles. The molecule has 0 aliphatic heterocycles. The highest BCUT2D eigenvalue weighted by molar-refractivity contribution is 7.81. The molecule has 0 atom stereocenters. The molecule has 0 amide bonds. The lowest BCUT2D eigenvalue weighted by molar-refractivity contribution is 0.454. The van der Waals surface area contributed by atoms with Crippen LogP contribution in [0.1, 0.15) is 96.3 Å². The third-order valence-electron chi connectivity index (χ3n) is 6.79. The smallest absolute Gasteiger partial charge is 0.0449 e. The van der Waals surface area contributed by atoms with E-state index in [0.717, 1.165) is 17.0 Å². The van der Waals surface area contributed by atoms with Gasteiger partial charge in [0.2, 0.25) is 0 Å². The largest absolute Gasteiger partial charge is 0.304 e. The summed E-state index contributed by atoms with van der Waals surface area (Å²) in [4.78, 5) is 0. The molecule has 0 aromatic heterocycles. The quantitative estimate of drug-likeness (QED) is 0.373. The SMILES string of the molecule is Cl[CH-][P+](C1CCCCC1)(C1CCCCC1)C1CCCCC1. The molecule has 0 spiro atoms. The summed E-state index contributed by atoms with van der Waals surface area (Å²) in [6.45, 7) is 0. The molecular formula is C19H34ClP. The van der Waals surface area contributed by atoms with E-state index in [-0.39, 0.29) is 0 Å². The summed E-state index contributed by atoms with van der Waals surface area (Å²) < 4.78 is 0. The Morgan fingerprint density at radius 2 is 0.810 bits per heavy atom. The molecule has 3 aliphatic rings. The molecule has 0 heterocycles. The van der Waals surface area contributed by atoms with Crippen molar-refractivity contribution < 1.29 is 0 Å². The molecule has 21 heavy (non-hydrogen) atoms. The summed E-state index contributed by atoms with van der Waals surface area (Å²) in [6, 6.07) is 0. The summed E-state index contributed by atoms with van der Waals surface area (Å²) >= 11 is 6.75. The monoisotopic (exact) mass is 328 g/mol. The van der Waals surface area contributed by atoms with Crippen LogP contribution in [0.2, 0.25) is 0 Å². The van der Waals surface area contributed by atoms with Crippen molar-refractivity contribution in [3.63, 3.8) is 0 Å². The molecule has 3 saturated carbocycles. The standard InChI is InChI=1S/C19H34ClP/c20-16-21(17-10-4-1-5-11-17,18-12-6-2-7-13-18)19-14-8-3-9-15-19/h16-19H,1-15H2. The number of rotatable bonds is 4. The van der Waals surface area contributed by atoms with Crippen LogP contribution in [0.4, 0.5) is 0 Å². The zero-order chi connectivity index (χ0) is 14.5. The second kappa shape index (κ2) is 8.01. The summed E-state index contributed by atoms with van der Waals surface area (Å²) in [7, 11) is -1.06. The Labute approximate surface area is 138 Å². The Balaban J connectivity index is 1.85. The molecule has 0 radical (unpaired) electrons. The van der Waals surface area contributed by atoms with Gasteiger partial charge < -0.3 is 11.6 Å². The predicted octanol–water partition coefficient (Wildman–Crippen LogP) is 7.36. The van der Waals surface area contributed by atoms with E-state index < -0.39 is 7.26 Å². The van der Waals surface area contributed by atoms with Gasteiger partial charge in [0.05, 0.1) is 0 Å². The van der Waals surface area contributed by atoms with Gasteiger partial charge in [0, 0.05) is 17.0 Å². The molecule has 0 aromatic carbocycles. The molecule has 0 saturated heterocycles. The van der Waals surface area contributed by atoms with Crippen molar-refractivity contribution in [3.8, 4) is 0 Å². The highest BCUT2D eigenvalue weighted by Gasteiger charge is 2.50. The van der Waals surface area contributed by atoms with Crippen LogP contribution in [-0.4, -0.2) is 17.0 Å². The van der Waals surface area contributed by atoms with Crippen LogP contribution >= 0.6 is 18.9 Å². The molecule has 0 bridgehead atoms. The average Bonchev–Trinajstić information content (AvgIpc) is 2.59. The van der Waals surface area contributed by atoms with Crippen LogP contribution < -0.4 is 0 Å². The van der Waals surface area contributed by atoms with Crippen LogP contribution in [0.3, 0.4) is 0 Å². The van der Waals surface area contributed by atoms with Gasteiger partial charge >= 0.3 is 0 Å². The van der Waals surface area contributed by atoms with Crippen LogP contribution in [0.5, 0.6) is 0 Å². The molecule has 0 aromatic rings. The van der Waals surface area contributed by atoms with Crippen molar-refractivity contribution in [2.24, 2.45) is 0 Å². The first-order valence-corrected chi connectivity index (χ1v) is 12.2. The van der Waals surface area contributed by atoms with Crippen molar-refractivity contribution in [2.45, 2.75) is 113 Å². The van der Waals surface area contributed by atoms with Gasteiger partial charge in [-0.2, -0.15) is 0 Å². The highest BCUT2D eigenvalue weighted by Crippen LogP contribution is 2.79. The van der Waals surface area contributed by atoms with E-state index in [2.05, 4.69) is 5.62 Å². The van der Waals surface area contributed by atoms with Crippen LogP contribution in [0.15, 0.2) is 0 Å². The Morgan fingerprint density at radius 3 is 1.05 bits per heavy atom. The van der Waals surface area contributed by atoms with Gasteiger partial charge in [0.25, 0.3) is 0 Å². The van der Waals surface area contributed by atoms with Crippen LogP contribution in [-0.2, 0) is 0 Å². The lowest BCUT2D eigenvalue weighted by Crippen LogP contribution is -2.35. The first-order chi connectivity index (χ1) is 10.4. The van der Waals surface area contributed by atoms with Gasteiger partial charge in [-0.05, 0) is 77.0 Å². The number of hydrogen-bond donors (Lipinski definition) is 0. The minimum absolute atomic E-state index is 1.01. The molecule has 122 valence electrons. The van der Waals surface area contributed by atoms with Crippen molar-refractivity contribution in [3.05, 3.63) is 5.62 Å². The van der Waals surface area contributed by atoms with Gasteiger partial charge in [-0.1, -0.05) is 32.1 Å². The summed E-state index contributed by atoms with van der Waals surface area (Å²) in [5, 5.41) is 0. The molecule has 0 N–H and O–H groups in total. The van der Waals surface area contributed by atoms with E-state index in [1.807, 2.05) is 0 Å². The van der Waals surface area contributed by atoms with Gasteiger partial charge in [0.15, 0.2) is 0 Å². The zero-order valence-electron chi connectivity index (χ0n) is 13.7. The zero-order valence-corrected chi connectivity index (χ0v) is 15.4. The third kappa shape index (κ3) is 3.47. The van der Waals surface area contributed by atoms with E-state index >= 15 is 0 Å². The first kappa shape index (κ1) is 16.6. The summed E-state index contributed by atoms with van der Waals surface area (Å²) in [6.07, 6.45) is 22.4. The maximum Gasteiger partial charge on any atom is 0.0449 e. The van der Waals surface area contributed by atoms with E-state index in [9.17, 15) is 0 Å². The Kier molecular flexibility index (Phi) is 6.32. The molecule has 3 rings (SSSR count). The maximum atomic E-state index is 6.75. The first-order valence-electron chi connectivity index (χ1n) is 9.70. The topological polar surface area (TPSA) is 0 Å². The minimum atomic E-state index is -1.06. The Bertz CT molecular complexity index is 253. The van der Waals surface area contributed by atoms with Crippen LogP contribution in [0.25, 0.3) is 0 Å². The fraction of sp³-hybridized carbons (Fsp3) is 0.947. The van der Waals surface area contributed by atoms with Gasteiger partial charge in [-0.15, -0.1) is 0 Å². The minimum Gasteiger partial charge on any atom is -0.304 e. The fourth-order valence-corrected chi connectivity index (χ4v) is 13.2. The second-order valence-electron chi connectivity index (χ2n) is 7.87. The van der Waals surface area contributed by atoms with Crippen molar-refractivity contribution in [1.29, 1.82) is 0 Å². The van der Waals surface area contributed by atoms with Gasteiger partial charge in [-0.25, -0.2) is 0 Å². The lowest BCUT2D eigenvalue weighted by Gasteiger charge is -2.54. The predicted molar refractivity (Wildman–Crippen MR) is 97.7 cm³/mol. The highest BCUT2D eigenvalue weighted by atomic mass is 35.5. The maximum absolute atomic E-state index is 6.75. The molecule has 3 fully saturated rings. The van der Waals surface area contributed by atoms with Crippen molar-refractivity contribution in [2.75, 3.05) is 0 Å². The Hall–Kier alpha value is 0.720. The molecular weight excluding hydrogens is 295 g/mol. The van der Waals surface area contributed by atoms with E-state index in [4.69, 9.17) is 11.6 Å².